The van der Waals surface area contributed by atoms with Crippen LogP contribution in [0.2, 0.25) is 0 Å². The fourth-order valence-electron chi connectivity index (χ4n) is 2.88. The first-order chi connectivity index (χ1) is 12.1. The van der Waals surface area contributed by atoms with Gasteiger partial charge in [0.1, 0.15) is 5.76 Å². The van der Waals surface area contributed by atoms with E-state index in [4.69, 9.17) is 9.47 Å². The maximum absolute atomic E-state index is 12.6. The number of aromatic nitrogens is 3. The van der Waals surface area contributed by atoms with Crippen molar-refractivity contribution in [3.05, 3.63) is 59.1 Å². The second-order valence-electron chi connectivity index (χ2n) is 5.79. The van der Waals surface area contributed by atoms with E-state index in [1.165, 1.54) is 18.0 Å². The molecule has 0 unspecified atom stereocenters. The van der Waals surface area contributed by atoms with E-state index in [1.807, 2.05) is 37.3 Å². The average molecular weight is 341 g/mol. The van der Waals surface area contributed by atoms with Crippen molar-refractivity contribution in [1.82, 2.24) is 15.0 Å². The Morgan fingerprint density at radius 3 is 2.64 bits per heavy atom. The number of carbonyl (C=O) groups is 2. The molecule has 0 spiro atoms. The van der Waals surface area contributed by atoms with E-state index in [9.17, 15) is 9.59 Å². The molecule has 1 aromatic heterocycles. The lowest BCUT2D eigenvalue weighted by molar-refractivity contribution is -0.136. The molecule has 1 aliphatic rings. The Hall–Kier alpha value is -2.96. The molecule has 7 heteroatoms. The number of hydrogen-bond acceptors (Lipinski definition) is 6. The van der Waals surface area contributed by atoms with Crippen LogP contribution in [0, 0.1) is 0 Å². The van der Waals surface area contributed by atoms with Crippen molar-refractivity contribution in [2.75, 3.05) is 7.11 Å². The van der Waals surface area contributed by atoms with Crippen molar-refractivity contribution < 1.29 is 19.1 Å². The first-order valence-corrected chi connectivity index (χ1v) is 8.09. The average Bonchev–Trinajstić information content (AvgIpc) is 3.30. The van der Waals surface area contributed by atoms with Gasteiger partial charge in [-0.3, -0.25) is 0 Å². The normalized spacial score (nSPS) is 15.1. The van der Waals surface area contributed by atoms with Gasteiger partial charge in [-0.25, -0.2) is 14.3 Å². The standard InChI is InChI=1S/C18H19N3O4/c1-12(13-7-4-3-5-8-13)21-15(11-19-20-21)18(23)25-16-10-6-9-14(16)17(22)24-2/h3-5,7-8,11-12H,6,9-10H2,1-2H3/t12-/m1/s1. The third-order valence-electron chi connectivity index (χ3n) is 4.25. The highest BCUT2D eigenvalue weighted by atomic mass is 16.5. The van der Waals surface area contributed by atoms with Crippen LogP contribution in [0.3, 0.4) is 0 Å². The summed E-state index contributed by atoms with van der Waals surface area (Å²) in [5, 5.41) is 7.86. The van der Waals surface area contributed by atoms with Gasteiger partial charge in [-0.05, 0) is 25.3 Å². The van der Waals surface area contributed by atoms with Gasteiger partial charge in [0.2, 0.25) is 0 Å². The molecule has 0 amide bonds. The van der Waals surface area contributed by atoms with E-state index in [-0.39, 0.29) is 11.7 Å². The summed E-state index contributed by atoms with van der Waals surface area (Å²) in [4.78, 5) is 24.3. The molecule has 0 saturated heterocycles. The van der Waals surface area contributed by atoms with Crippen LogP contribution in [-0.4, -0.2) is 34.0 Å². The molecule has 0 saturated carbocycles. The molecule has 3 rings (SSSR count). The van der Waals surface area contributed by atoms with Gasteiger partial charge in [-0.15, -0.1) is 5.10 Å². The van der Waals surface area contributed by atoms with Crippen LogP contribution in [0.15, 0.2) is 47.9 Å². The predicted molar refractivity (Wildman–Crippen MR) is 88.6 cm³/mol. The fourth-order valence-corrected chi connectivity index (χ4v) is 2.88. The Kier molecular flexibility index (Phi) is 4.92. The van der Waals surface area contributed by atoms with Crippen molar-refractivity contribution in [2.45, 2.75) is 32.2 Å². The smallest absolute Gasteiger partial charge is 0.363 e. The molecule has 0 bridgehead atoms. The Morgan fingerprint density at radius 2 is 1.92 bits per heavy atom. The molecule has 1 heterocycles. The Balaban J connectivity index is 1.83. The number of nitrogens with zero attached hydrogens (tertiary/aromatic N) is 3. The van der Waals surface area contributed by atoms with Crippen LogP contribution in [0.5, 0.6) is 0 Å². The lowest BCUT2D eigenvalue weighted by Gasteiger charge is -2.14. The van der Waals surface area contributed by atoms with Crippen molar-refractivity contribution >= 4 is 11.9 Å². The number of carbonyl (C=O) groups excluding carboxylic acids is 2. The zero-order valence-corrected chi connectivity index (χ0v) is 14.1. The molecule has 0 aliphatic heterocycles. The Bertz CT molecular complexity index is 811. The van der Waals surface area contributed by atoms with Gasteiger partial charge >= 0.3 is 11.9 Å². The van der Waals surface area contributed by atoms with E-state index in [1.54, 1.807) is 0 Å². The van der Waals surface area contributed by atoms with Gasteiger partial charge in [0.15, 0.2) is 5.69 Å². The fraction of sp³-hybridized carbons (Fsp3) is 0.333. The second kappa shape index (κ2) is 7.29. The summed E-state index contributed by atoms with van der Waals surface area (Å²) >= 11 is 0. The Morgan fingerprint density at radius 1 is 1.16 bits per heavy atom. The summed E-state index contributed by atoms with van der Waals surface area (Å²) in [6.07, 6.45) is 3.21. The molecule has 2 aromatic rings. The molecular weight excluding hydrogens is 322 g/mol. The van der Waals surface area contributed by atoms with Crippen LogP contribution < -0.4 is 0 Å². The lowest BCUT2D eigenvalue weighted by atomic mass is 10.1. The summed E-state index contributed by atoms with van der Waals surface area (Å²) in [5.41, 5.74) is 1.66. The van der Waals surface area contributed by atoms with E-state index in [0.29, 0.717) is 24.2 Å². The summed E-state index contributed by atoms with van der Waals surface area (Å²) in [6.45, 7) is 1.93. The maximum atomic E-state index is 12.6. The van der Waals surface area contributed by atoms with E-state index < -0.39 is 11.9 Å². The van der Waals surface area contributed by atoms with Crippen molar-refractivity contribution in [3.63, 3.8) is 0 Å². The minimum atomic E-state index is -0.578. The van der Waals surface area contributed by atoms with Crippen LogP contribution >= 0.6 is 0 Å². The van der Waals surface area contributed by atoms with Gasteiger partial charge in [-0.2, -0.15) is 0 Å². The Labute approximate surface area is 145 Å². The first-order valence-electron chi connectivity index (χ1n) is 8.09. The highest BCUT2D eigenvalue weighted by Crippen LogP contribution is 2.29. The molecule has 130 valence electrons. The molecule has 1 atom stereocenters. The zero-order chi connectivity index (χ0) is 17.8. The molecule has 25 heavy (non-hydrogen) atoms. The monoisotopic (exact) mass is 341 g/mol. The van der Waals surface area contributed by atoms with E-state index in [2.05, 4.69) is 10.3 Å². The van der Waals surface area contributed by atoms with Crippen molar-refractivity contribution in [3.8, 4) is 0 Å². The van der Waals surface area contributed by atoms with Crippen molar-refractivity contribution in [1.29, 1.82) is 0 Å². The molecular formula is C18H19N3O4. The largest absolute Gasteiger partial charge is 0.466 e. The highest BCUT2D eigenvalue weighted by molar-refractivity contribution is 5.92. The molecule has 1 aliphatic carbocycles. The molecule has 0 fully saturated rings. The zero-order valence-electron chi connectivity index (χ0n) is 14.1. The second-order valence-corrected chi connectivity index (χ2v) is 5.79. The van der Waals surface area contributed by atoms with Crippen molar-refractivity contribution in [2.24, 2.45) is 0 Å². The summed E-state index contributed by atoms with van der Waals surface area (Å²) in [7, 11) is 1.31. The van der Waals surface area contributed by atoms with Gasteiger partial charge in [0.05, 0.1) is 24.9 Å². The topological polar surface area (TPSA) is 83.3 Å². The summed E-state index contributed by atoms with van der Waals surface area (Å²) < 4.78 is 11.7. The number of ether oxygens (including phenoxy) is 2. The van der Waals surface area contributed by atoms with E-state index >= 15 is 0 Å². The number of esters is 2. The van der Waals surface area contributed by atoms with Crippen LogP contribution in [0.1, 0.15) is 48.3 Å². The third-order valence-corrected chi connectivity index (χ3v) is 4.25. The van der Waals surface area contributed by atoms with Crippen LogP contribution in [-0.2, 0) is 14.3 Å². The van der Waals surface area contributed by atoms with Gasteiger partial charge in [0.25, 0.3) is 0 Å². The number of hydrogen-bond donors (Lipinski definition) is 0. The van der Waals surface area contributed by atoms with Gasteiger partial charge in [-0.1, -0.05) is 35.5 Å². The summed E-state index contributed by atoms with van der Waals surface area (Å²) in [6, 6.07) is 9.50. The minimum absolute atomic E-state index is 0.177. The van der Waals surface area contributed by atoms with E-state index in [0.717, 1.165) is 12.0 Å². The maximum Gasteiger partial charge on any atom is 0.363 e. The number of rotatable bonds is 5. The number of methoxy groups -OCH3 is 1. The van der Waals surface area contributed by atoms with Crippen LogP contribution in [0.25, 0.3) is 0 Å². The van der Waals surface area contributed by atoms with Gasteiger partial charge < -0.3 is 9.47 Å². The predicted octanol–water partition coefficient (Wildman–Crippen LogP) is 2.66. The first kappa shape index (κ1) is 16.9. The lowest BCUT2D eigenvalue weighted by Crippen LogP contribution is -2.18. The minimum Gasteiger partial charge on any atom is -0.466 e. The molecule has 7 nitrogen and oxygen atoms in total. The van der Waals surface area contributed by atoms with Gasteiger partial charge in [0, 0.05) is 6.42 Å². The molecule has 0 radical (unpaired) electrons. The van der Waals surface area contributed by atoms with Crippen LogP contribution in [0.4, 0.5) is 0 Å². The molecule has 1 aromatic carbocycles. The quantitative estimate of drug-likeness (QED) is 0.778. The third kappa shape index (κ3) is 3.45. The highest BCUT2D eigenvalue weighted by Gasteiger charge is 2.27. The molecule has 0 N–H and O–H groups in total. The number of allylic oxidation sites excluding steroid dienone is 1. The SMILES string of the molecule is COC(=O)C1=C(OC(=O)c2cnnn2[C@H](C)c2ccccc2)CCC1. The summed E-state index contributed by atoms with van der Waals surface area (Å²) in [5.74, 6) is -0.660. The number of benzene rings is 1.